The quantitative estimate of drug-likeness (QED) is 0.634. The number of rotatable bonds is 9. The number of aliphatic carboxylic acids is 1. The smallest absolute Gasteiger partial charge is 0.349 e. The van der Waals surface area contributed by atoms with Crippen molar-refractivity contribution in [1.82, 2.24) is 0 Å². The van der Waals surface area contributed by atoms with E-state index in [4.69, 9.17) is 18.9 Å². The van der Waals surface area contributed by atoms with Gasteiger partial charge in [-0.15, -0.1) is 0 Å². The number of unbranched alkanes of at least 4 members (excludes halogenated alkanes) is 3. The molecule has 1 aliphatic heterocycles. The molecule has 1 N–H and O–H groups in total. The third kappa shape index (κ3) is 4.50. The lowest BCUT2D eigenvalue weighted by atomic mass is 10.0. The minimum absolute atomic E-state index is 0.418. The van der Waals surface area contributed by atoms with E-state index in [2.05, 4.69) is 6.92 Å². The number of carboxylic acid groups (broad SMARTS) is 1. The van der Waals surface area contributed by atoms with Crippen LogP contribution >= 0.6 is 0 Å². The molecule has 0 spiro atoms. The molecule has 2 unspecified atom stereocenters. The van der Waals surface area contributed by atoms with Crippen LogP contribution in [0.3, 0.4) is 0 Å². The van der Waals surface area contributed by atoms with Crippen molar-refractivity contribution < 1.29 is 28.8 Å². The lowest BCUT2D eigenvalue weighted by molar-refractivity contribution is -0.151. The summed E-state index contributed by atoms with van der Waals surface area (Å²) in [4.78, 5) is 11.8. The first-order valence-electron chi connectivity index (χ1n) is 9.60. The minimum atomic E-state index is -1.18. The second-order valence-electron chi connectivity index (χ2n) is 6.67. The Morgan fingerprint density at radius 3 is 2.50 bits per heavy atom. The van der Waals surface area contributed by atoms with Crippen molar-refractivity contribution >= 4 is 5.97 Å². The number of hydrogen-bond acceptors (Lipinski definition) is 5. The van der Waals surface area contributed by atoms with Crippen LogP contribution in [-0.4, -0.2) is 30.9 Å². The number of carbonyl (C=O) groups is 1. The molecule has 0 saturated carbocycles. The zero-order chi connectivity index (χ0) is 19.9. The van der Waals surface area contributed by atoms with Crippen LogP contribution in [0, 0.1) is 0 Å². The highest BCUT2D eigenvalue weighted by atomic mass is 16.6. The van der Waals surface area contributed by atoms with Crippen LogP contribution in [0.25, 0.3) is 0 Å². The summed E-state index contributed by atoms with van der Waals surface area (Å²) in [7, 11) is 1.58. The Hall–Kier alpha value is -2.89. The molecule has 2 aromatic carbocycles. The zero-order valence-corrected chi connectivity index (χ0v) is 16.2. The third-order valence-corrected chi connectivity index (χ3v) is 4.66. The Bertz CT molecular complexity index is 803. The van der Waals surface area contributed by atoms with E-state index in [1.807, 2.05) is 6.07 Å². The molecule has 1 aliphatic rings. The van der Waals surface area contributed by atoms with Gasteiger partial charge in [-0.05, 0) is 30.7 Å². The van der Waals surface area contributed by atoms with Crippen LogP contribution in [0.5, 0.6) is 23.0 Å². The Morgan fingerprint density at radius 2 is 1.82 bits per heavy atom. The van der Waals surface area contributed by atoms with Crippen LogP contribution < -0.4 is 18.9 Å². The van der Waals surface area contributed by atoms with E-state index in [1.54, 1.807) is 43.5 Å². The van der Waals surface area contributed by atoms with Crippen LogP contribution in [0.1, 0.15) is 44.3 Å². The van der Waals surface area contributed by atoms with Gasteiger partial charge in [0.05, 0.1) is 13.7 Å². The monoisotopic (exact) mass is 386 g/mol. The largest absolute Gasteiger partial charge is 0.497 e. The summed E-state index contributed by atoms with van der Waals surface area (Å²) in [6.45, 7) is 2.70. The first kappa shape index (κ1) is 19.9. The molecule has 0 aromatic heterocycles. The number of methoxy groups -OCH3 is 1. The van der Waals surface area contributed by atoms with E-state index in [0.29, 0.717) is 35.2 Å². The van der Waals surface area contributed by atoms with Gasteiger partial charge < -0.3 is 24.1 Å². The number of ether oxygens (including phenoxy) is 4. The fourth-order valence-corrected chi connectivity index (χ4v) is 3.16. The van der Waals surface area contributed by atoms with E-state index in [-0.39, 0.29) is 0 Å². The van der Waals surface area contributed by atoms with Gasteiger partial charge in [-0.3, -0.25) is 0 Å². The van der Waals surface area contributed by atoms with Gasteiger partial charge in [-0.25, -0.2) is 4.79 Å². The van der Waals surface area contributed by atoms with Crippen LogP contribution in [-0.2, 0) is 4.79 Å². The van der Waals surface area contributed by atoms with E-state index < -0.39 is 18.2 Å². The Labute approximate surface area is 165 Å². The lowest BCUT2D eigenvalue weighted by Crippen LogP contribution is -2.39. The van der Waals surface area contributed by atoms with Crippen molar-refractivity contribution in [2.24, 2.45) is 0 Å². The van der Waals surface area contributed by atoms with Gasteiger partial charge in [-0.2, -0.15) is 0 Å². The zero-order valence-electron chi connectivity index (χ0n) is 16.2. The van der Waals surface area contributed by atoms with Gasteiger partial charge >= 0.3 is 5.97 Å². The third-order valence-electron chi connectivity index (χ3n) is 4.66. The summed E-state index contributed by atoms with van der Waals surface area (Å²) < 4.78 is 23.0. The highest BCUT2D eigenvalue weighted by Crippen LogP contribution is 2.42. The SMILES string of the molecule is CCCCCCOc1cc(OC)ccc1C1Oc2ccccc2OC1C(=O)O. The molecule has 0 radical (unpaired) electrons. The normalized spacial score (nSPS) is 17.8. The van der Waals surface area contributed by atoms with Crippen molar-refractivity contribution in [3.05, 3.63) is 48.0 Å². The standard InChI is InChI=1S/C22H26O6/c1-3-4-5-8-13-26-19-14-15(25-2)11-12-16(19)20-21(22(23)24)28-18-10-7-6-9-17(18)27-20/h6-7,9-12,14,20-21H,3-5,8,13H2,1-2H3,(H,23,24). The lowest BCUT2D eigenvalue weighted by Gasteiger charge is -2.32. The molecule has 0 amide bonds. The highest BCUT2D eigenvalue weighted by Gasteiger charge is 2.39. The highest BCUT2D eigenvalue weighted by molar-refractivity contribution is 5.75. The topological polar surface area (TPSA) is 74.2 Å². The number of fused-ring (bicyclic) bond motifs is 1. The summed E-state index contributed by atoms with van der Waals surface area (Å²) >= 11 is 0. The fraction of sp³-hybridized carbons (Fsp3) is 0.409. The molecule has 0 aliphatic carbocycles. The molecule has 6 nitrogen and oxygen atoms in total. The second kappa shape index (κ2) is 9.35. The maximum Gasteiger partial charge on any atom is 0.349 e. The van der Waals surface area contributed by atoms with Crippen molar-refractivity contribution in [2.45, 2.75) is 44.8 Å². The van der Waals surface area contributed by atoms with Gasteiger partial charge in [-0.1, -0.05) is 38.3 Å². The molecule has 3 rings (SSSR count). The van der Waals surface area contributed by atoms with Crippen LogP contribution in [0.4, 0.5) is 0 Å². The fourth-order valence-electron chi connectivity index (χ4n) is 3.16. The van der Waals surface area contributed by atoms with Gasteiger partial charge in [0.2, 0.25) is 6.10 Å². The maximum atomic E-state index is 11.8. The molecule has 1 heterocycles. The molecular weight excluding hydrogens is 360 g/mol. The average Bonchev–Trinajstić information content (AvgIpc) is 2.72. The van der Waals surface area contributed by atoms with E-state index >= 15 is 0 Å². The van der Waals surface area contributed by atoms with Gasteiger partial charge in [0.25, 0.3) is 0 Å². The number of carboxylic acids is 1. The number of benzene rings is 2. The molecule has 0 saturated heterocycles. The predicted molar refractivity (Wildman–Crippen MR) is 104 cm³/mol. The molecule has 28 heavy (non-hydrogen) atoms. The maximum absolute atomic E-state index is 11.8. The molecule has 2 aromatic rings. The summed E-state index contributed by atoms with van der Waals surface area (Å²) in [5, 5.41) is 9.69. The van der Waals surface area contributed by atoms with E-state index in [9.17, 15) is 9.90 Å². The van der Waals surface area contributed by atoms with Crippen LogP contribution in [0.2, 0.25) is 0 Å². The van der Waals surface area contributed by atoms with Crippen molar-refractivity contribution in [3.63, 3.8) is 0 Å². The number of para-hydroxylation sites is 2. The molecule has 0 fully saturated rings. The van der Waals surface area contributed by atoms with E-state index in [1.165, 1.54) is 0 Å². The second-order valence-corrected chi connectivity index (χ2v) is 6.67. The Balaban J connectivity index is 1.88. The van der Waals surface area contributed by atoms with Crippen molar-refractivity contribution in [1.29, 1.82) is 0 Å². The molecule has 0 bridgehead atoms. The van der Waals surface area contributed by atoms with E-state index in [0.717, 1.165) is 25.7 Å². The minimum Gasteiger partial charge on any atom is -0.497 e. The molecule has 6 heteroatoms. The summed E-state index contributed by atoms with van der Waals surface area (Å²) in [6.07, 6.45) is 2.32. The van der Waals surface area contributed by atoms with Gasteiger partial charge in [0.1, 0.15) is 11.5 Å². The Morgan fingerprint density at radius 1 is 1.07 bits per heavy atom. The first-order valence-corrected chi connectivity index (χ1v) is 9.60. The molecular formula is C22H26O6. The first-order chi connectivity index (χ1) is 13.6. The van der Waals surface area contributed by atoms with Crippen molar-refractivity contribution in [3.8, 4) is 23.0 Å². The van der Waals surface area contributed by atoms with Gasteiger partial charge in [0, 0.05) is 11.6 Å². The summed E-state index contributed by atoms with van der Waals surface area (Å²) in [5.74, 6) is 1.02. The Kier molecular flexibility index (Phi) is 6.63. The molecule has 150 valence electrons. The summed E-state index contributed by atoms with van der Waals surface area (Å²) in [5.41, 5.74) is 0.623. The van der Waals surface area contributed by atoms with Crippen molar-refractivity contribution in [2.75, 3.05) is 13.7 Å². The van der Waals surface area contributed by atoms with Crippen LogP contribution in [0.15, 0.2) is 42.5 Å². The molecule has 2 atom stereocenters. The van der Waals surface area contributed by atoms with Gasteiger partial charge in [0.15, 0.2) is 17.6 Å². The summed E-state index contributed by atoms with van der Waals surface area (Å²) in [6, 6.07) is 12.4. The predicted octanol–water partition coefficient (Wildman–Crippen LogP) is 4.62. The number of hydrogen-bond donors (Lipinski definition) is 1. The average molecular weight is 386 g/mol.